The molecule has 0 aliphatic rings. The molecule has 0 fully saturated rings. The Morgan fingerprint density at radius 1 is 1.39 bits per heavy atom. The number of aromatic nitrogens is 1. The van der Waals surface area contributed by atoms with E-state index in [1.165, 1.54) is 7.11 Å². The third-order valence-corrected chi connectivity index (χ3v) is 2.72. The van der Waals surface area contributed by atoms with Crippen molar-refractivity contribution < 1.29 is 9.53 Å². The molecule has 0 bridgehead atoms. The van der Waals surface area contributed by atoms with Gasteiger partial charge >= 0.3 is 5.97 Å². The second kappa shape index (κ2) is 5.57. The van der Waals surface area contributed by atoms with Crippen molar-refractivity contribution in [3.8, 4) is 0 Å². The third-order valence-electron chi connectivity index (χ3n) is 2.72. The molecule has 0 saturated carbocycles. The SMILES string of the molecule is COC(=O)c1cnc(CNCN)c2ccccc12. The summed E-state index contributed by atoms with van der Waals surface area (Å²) in [7, 11) is 1.36. The smallest absolute Gasteiger partial charge is 0.340 e. The number of pyridine rings is 1. The molecule has 18 heavy (non-hydrogen) atoms. The summed E-state index contributed by atoms with van der Waals surface area (Å²) in [5.74, 6) is -0.378. The largest absolute Gasteiger partial charge is 0.465 e. The lowest BCUT2D eigenvalue weighted by atomic mass is 10.0. The lowest BCUT2D eigenvalue weighted by Gasteiger charge is -2.09. The van der Waals surface area contributed by atoms with Crippen LogP contribution in [0.1, 0.15) is 16.1 Å². The predicted molar refractivity (Wildman–Crippen MR) is 69.0 cm³/mol. The first-order valence-corrected chi connectivity index (χ1v) is 5.63. The molecule has 1 aromatic carbocycles. The molecule has 0 unspecified atom stereocenters. The highest BCUT2D eigenvalue weighted by Crippen LogP contribution is 2.21. The molecule has 0 aliphatic carbocycles. The maximum absolute atomic E-state index is 11.7. The second-order valence-electron chi connectivity index (χ2n) is 3.79. The van der Waals surface area contributed by atoms with Gasteiger partial charge in [-0.2, -0.15) is 0 Å². The number of carbonyl (C=O) groups excluding carboxylic acids is 1. The first-order valence-electron chi connectivity index (χ1n) is 5.63. The Balaban J connectivity index is 2.55. The lowest BCUT2D eigenvalue weighted by Crippen LogP contribution is -2.22. The Bertz CT molecular complexity index is 569. The van der Waals surface area contributed by atoms with E-state index in [0.717, 1.165) is 16.5 Å². The van der Waals surface area contributed by atoms with Crippen LogP contribution in [-0.2, 0) is 11.3 Å². The van der Waals surface area contributed by atoms with E-state index < -0.39 is 0 Å². The third kappa shape index (κ3) is 2.32. The van der Waals surface area contributed by atoms with Gasteiger partial charge in [-0.15, -0.1) is 0 Å². The van der Waals surface area contributed by atoms with Crippen LogP contribution in [0.25, 0.3) is 10.8 Å². The summed E-state index contributed by atoms with van der Waals surface area (Å²) in [6.45, 7) is 0.952. The number of ether oxygens (including phenoxy) is 1. The summed E-state index contributed by atoms with van der Waals surface area (Å²) < 4.78 is 4.75. The summed E-state index contributed by atoms with van der Waals surface area (Å²) in [5.41, 5.74) is 6.75. The summed E-state index contributed by atoms with van der Waals surface area (Å²) >= 11 is 0. The number of carbonyl (C=O) groups is 1. The van der Waals surface area contributed by atoms with E-state index in [0.29, 0.717) is 18.8 Å². The minimum Gasteiger partial charge on any atom is -0.465 e. The van der Waals surface area contributed by atoms with E-state index in [4.69, 9.17) is 10.5 Å². The van der Waals surface area contributed by atoms with E-state index >= 15 is 0 Å². The fraction of sp³-hybridized carbons (Fsp3) is 0.231. The number of hydrogen-bond donors (Lipinski definition) is 2. The normalized spacial score (nSPS) is 10.6. The average Bonchev–Trinajstić information content (AvgIpc) is 2.43. The topological polar surface area (TPSA) is 77.2 Å². The van der Waals surface area contributed by atoms with Crippen LogP contribution in [-0.4, -0.2) is 24.7 Å². The summed E-state index contributed by atoms with van der Waals surface area (Å²) in [6.07, 6.45) is 1.54. The van der Waals surface area contributed by atoms with Gasteiger partial charge in [0.15, 0.2) is 0 Å². The predicted octanol–water partition coefficient (Wildman–Crippen LogP) is 1.03. The Labute approximate surface area is 105 Å². The number of esters is 1. The number of rotatable bonds is 4. The van der Waals surface area contributed by atoms with Gasteiger partial charge in [-0.3, -0.25) is 10.3 Å². The van der Waals surface area contributed by atoms with Crippen molar-refractivity contribution in [1.29, 1.82) is 0 Å². The number of hydrogen-bond acceptors (Lipinski definition) is 5. The van der Waals surface area contributed by atoms with E-state index in [-0.39, 0.29) is 5.97 Å². The molecule has 0 radical (unpaired) electrons. The number of nitrogens with two attached hydrogens (primary N) is 1. The highest BCUT2D eigenvalue weighted by Gasteiger charge is 2.13. The number of nitrogens with one attached hydrogen (secondary N) is 1. The first kappa shape index (κ1) is 12.5. The Morgan fingerprint density at radius 2 is 2.11 bits per heavy atom. The van der Waals surface area contributed by atoms with Crippen LogP contribution in [0.5, 0.6) is 0 Å². The van der Waals surface area contributed by atoms with Crippen LogP contribution in [0, 0.1) is 0 Å². The van der Waals surface area contributed by atoms with Crippen LogP contribution in [0.3, 0.4) is 0 Å². The van der Waals surface area contributed by atoms with Gasteiger partial charge in [-0.25, -0.2) is 4.79 Å². The first-order chi connectivity index (χ1) is 8.77. The van der Waals surface area contributed by atoms with E-state index in [1.54, 1.807) is 6.20 Å². The van der Waals surface area contributed by atoms with Crippen LogP contribution < -0.4 is 11.1 Å². The molecular weight excluding hydrogens is 230 g/mol. The highest BCUT2D eigenvalue weighted by molar-refractivity contribution is 6.04. The van der Waals surface area contributed by atoms with Gasteiger partial charge in [0.2, 0.25) is 0 Å². The molecule has 0 aliphatic heterocycles. The fourth-order valence-electron chi connectivity index (χ4n) is 1.86. The molecule has 94 valence electrons. The molecule has 0 spiro atoms. The minimum absolute atomic E-state index is 0.378. The molecule has 0 amide bonds. The molecule has 3 N–H and O–H groups in total. The molecule has 1 heterocycles. The second-order valence-corrected chi connectivity index (χ2v) is 3.79. The monoisotopic (exact) mass is 245 g/mol. The van der Waals surface area contributed by atoms with Crippen molar-refractivity contribution in [3.63, 3.8) is 0 Å². The van der Waals surface area contributed by atoms with Crippen LogP contribution in [0.15, 0.2) is 30.5 Å². The van der Waals surface area contributed by atoms with Crippen molar-refractivity contribution in [2.75, 3.05) is 13.8 Å². The number of methoxy groups -OCH3 is 1. The van der Waals surface area contributed by atoms with Crippen LogP contribution in [0.4, 0.5) is 0 Å². The molecule has 1 aromatic heterocycles. The van der Waals surface area contributed by atoms with Crippen molar-refractivity contribution in [3.05, 3.63) is 41.7 Å². The zero-order chi connectivity index (χ0) is 13.0. The zero-order valence-electron chi connectivity index (χ0n) is 10.1. The lowest BCUT2D eigenvalue weighted by molar-refractivity contribution is 0.0602. The summed E-state index contributed by atoms with van der Waals surface area (Å²) in [5, 5.41) is 4.79. The van der Waals surface area contributed by atoms with E-state index in [1.807, 2.05) is 24.3 Å². The molecule has 0 saturated heterocycles. The Hall–Kier alpha value is -1.98. The van der Waals surface area contributed by atoms with Crippen molar-refractivity contribution >= 4 is 16.7 Å². The van der Waals surface area contributed by atoms with Crippen molar-refractivity contribution in [1.82, 2.24) is 10.3 Å². The zero-order valence-corrected chi connectivity index (χ0v) is 10.1. The maximum Gasteiger partial charge on any atom is 0.340 e. The minimum atomic E-state index is -0.378. The summed E-state index contributed by atoms with van der Waals surface area (Å²) in [6, 6.07) is 7.61. The van der Waals surface area contributed by atoms with Gasteiger partial charge < -0.3 is 10.5 Å². The van der Waals surface area contributed by atoms with Gasteiger partial charge in [0, 0.05) is 24.8 Å². The molecule has 5 heteroatoms. The van der Waals surface area contributed by atoms with Gasteiger partial charge in [0.1, 0.15) is 0 Å². The van der Waals surface area contributed by atoms with Gasteiger partial charge in [-0.1, -0.05) is 24.3 Å². The van der Waals surface area contributed by atoms with Crippen LogP contribution in [0.2, 0.25) is 0 Å². The van der Waals surface area contributed by atoms with E-state index in [2.05, 4.69) is 10.3 Å². The van der Waals surface area contributed by atoms with Crippen molar-refractivity contribution in [2.45, 2.75) is 6.54 Å². The average molecular weight is 245 g/mol. The number of fused-ring (bicyclic) bond motifs is 1. The quantitative estimate of drug-likeness (QED) is 0.621. The van der Waals surface area contributed by atoms with Gasteiger partial charge in [-0.05, 0) is 5.39 Å². The molecule has 2 aromatic rings. The summed E-state index contributed by atoms with van der Waals surface area (Å²) in [4.78, 5) is 15.9. The molecule has 5 nitrogen and oxygen atoms in total. The molecule has 2 rings (SSSR count). The maximum atomic E-state index is 11.7. The molecular formula is C13H15N3O2. The number of nitrogens with zero attached hydrogens (tertiary/aromatic N) is 1. The number of benzene rings is 1. The van der Waals surface area contributed by atoms with Crippen LogP contribution >= 0.6 is 0 Å². The Kier molecular flexibility index (Phi) is 3.86. The van der Waals surface area contributed by atoms with Crippen molar-refractivity contribution in [2.24, 2.45) is 5.73 Å². The van der Waals surface area contributed by atoms with Gasteiger partial charge in [0.05, 0.1) is 18.4 Å². The van der Waals surface area contributed by atoms with E-state index in [9.17, 15) is 4.79 Å². The Morgan fingerprint density at radius 3 is 2.78 bits per heavy atom. The molecule has 0 atom stereocenters. The van der Waals surface area contributed by atoms with Gasteiger partial charge in [0.25, 0.3) is 0 Å². The highest BCUT2D eigenvalue weighted by atomic mass is 16.5. The standard InChI is InChI=1S/C13H15N3O2/c1-18-13(17)11-6-16-12(7-15-8-14)10-5-3-2-4-9(10)11/h2-6,15H,7-8,14H2,1H3. The fourth-order valence-corrected chi connectivity index (χ4v) is 1.86.